The molecule has 0 aliphatic carbocycles. The molecule has 0 aromatic heterocycles. The van der Waals surface area contributed by atoms with Crippen LogP contribution in [-0.4, -0.2) is 48.4 Å². The van der Waals surface area contributed by atoms with Crippen molar-refractivity contribution in [3.8, 4) is 11.5 Å². The molecular weight excluding hydrogens is 370 g/mol. The van der Waals surface area contributed by atoms with E-state index in [1.165, 1.54) is 12.0 Å². The number of imide groups is 1. The van der Waals surface area contributed by atoms with Crippen molar-refractivity contribution >= 4 is 35.0 Å². The lowest BCUT2D eigenvalue weighted by Gasteiger charge is -2.19. The molecule has 27 heavy (non-hydrogen) atoms. The van der Waals surface area contributed by atoms with Gasteiger partial charge < -0.3 is 14.2 Å². The first-order valence-corrected chi connectivity index (χ1v) is 9.46. The number of amides is 2. The van der Waals surface area contributed by atoms with Gasteiger partial charge in [-0.05, 0) is 55.8 Å². The molecule has 1 unspecified atom stereocenters. The maximum Gasteiger partial charge on any atom is 0.343 e. The van der Waals surface area contributed by atoms with E-state index in [1.807, 2.05) is 20.8 Å². The minimum absolute atomic E-state index is 0.142. The standard InChI is InChI=1S/C19H23NO6S/c1-5-12(3)20-18(22)16(27-19(20)23)10-13-7-8-14(15(9-13)25-6-2)26-11-17(21)24-4/h7-10,12H,5-6,11H2,1-4H3/b16-10-. The Kier molecular flexibility index (Phi) is 7.29. The summed E-state index contributed by atoms with van der Waals surface area (Å²) in [4.78, 5) is 37.5. The number of thioether (sulfide) groups is 1. The van der Waals surface area contributed by atoms with Gasteiger partial charge in [0.05, 0.1) is 18.6 Å². The fourth-order valence-electron chi connectivity index (χ4n) is 2.39. The summed E-state index contributed by atoms with van der Waals surface area (Å²) in [5.74, 6) is 0.0481. The molecular formula is C19H23NO6S. The van der Waals surface area contributed by atoms with Gasteiger partial charge in [0.1, 0.15) is 0 Å². The zero-order valence-corrected chi connectivity index (χ0v) is 16.6. The Hall–Kier alpha value is -2.48. The highest BCUT2D eigenvalue weighted by Gasteiger charge is 2.37. The van der Waals surface area contributed by atoms with E-state index in [9.17, 15) is 14.4 Å². The highest BCUT2D eigenvalue weighted by molar-refractivity contribution is 8.18. The van der Waals surface area contributed by atoms with Crippen molar-refractivity contribution in [2.45, 2.75) is 33.2 Å². The van der Waals surface area contributed by atoms with E-state index in [0.717, 1.165) is 11.8 Å². The second-order valence-corrected chi connectivity index (χ2v) is 6.81. The van der Waals surface area contributed by atoms with Crippen molar-refractivity contribution in [1.82, 2.24) is 4.90 Å². The molecule has 0 N–H and O–H groups in total. The van der Waals surface area contributed by atoms with Crippen molar-refractivity contribution in [2.24, 2.45) is 0 Å². The van der Waals surface area contributed by atoms with E-state index in [1.54, 1.807) is 24.3 Å². The minimum Gasteiger partial charge on any atom is -0.490 e. The van der Waals surface area contributed by atoms with Gasteiger partial charge in [-0.1, -0.05) is 13.0 Å². The summed E-state index contributed by atoms with van der Waals surface area (Å²) in [7, 11) is 1.28. The molecule has 2 rings (SSSR count). The molecule has 0 radical (unpaired) electrons. The van der Waals surface area contributed by atoms with Gasteiger partial charge >= 0.3 is 5.97 Å². The van der Waals surface area contributed by atoms with E-state index in [4.69, 9.17) is 9.47 Å². The summed E-state index contributed by atoms with van der Waals surface area (Å²) in [6, 6.07) is 4.94. The molecule has 1 heterocycles. The highest BCUT2D eigenvalue weighted by Crippen LogP contribution is 2.36. The van der Waals surface area contributed by atoms with Gasteiger partial charge in [-0.2, -0.15) is 0 Å². The van der Waals surface area contributed by atoms with Crippen LogP contribution >= 0.6 is 11.8 Å². The average molecular weight is 393 g/mol. The maximum atomic E-state index is 12.5. The molecule has 1 aromatic carbocycles. The van der Waals surface area contributed by atoms with Crippen molar-refractivity contribution in [2.75, 3.05) is 20.3 Å². The van der Waals surface area contributed by atoms with Crippen LogP contribution in [0.15, 0.2) is 23.1 Å². The van der Waals surface area contributed by atoms with Crippen LogP contribution in [0.1, 0.15) is 32.8 Å². The molecule has 1 saturated heterocycles. The molecule has 1 fully saturated rings. The largest absolute Gasteiger partial charge is 0.490 e. The molecule has 2 amide bonds. The highest BCUT2D eigenvalue weighted by atomic mass is 32.2. The quantitative estimate of drug-likeness (QED) is 0.494. The molecule has 0 spiro atoms. The van der Waals surface area contributed by atoms with Gasteiger partial charge in [-0.15, -0.1) is 0 Å². The first-order valence-electron chi connectivity index (χ1n) is 8.64. The average Bonchev–Trinajstić information content (AvgIpc) is 2.93. The summed E-state index contributed by atoms with van der Waals surface area (Å²) in [6.07, 6.45) is 2.35. The number of carbonyl (C=O) groups is 3. The van der Waals surface area contributed by atoms with Crippen LogP contribution in [0, 0.1) is 0 Å². The summed E-state index contributed by atoms with van der Waals surface area (Å²) < 4.78 is 15.5. The van der Waals surface area contributed by atoms with Crippen molar-refractivity contribution < 1.29 is 28.6 Å². The van der Waals surface area contributed by atoms with Crippen molar-refractivity contribution in [1.29, 1.82) is 0 Å². The SMILES string of the molecule is CCOc1cc(/C=C2\SC(=O)N(C(C)CC)C2=O)ccc1OCC(=O)OC. The zero-order chi connectivity index (χ0) is 20.0. The number of hydrogen-bond acceptors (Lipinski definition) is 7. The first-order chi connectivity index (χ1) is 12.9. The van der Waals surface area contributed by atoms with E-state index in [-0.39, 0.29) is 23.8 Å². The Morgan fingerprint density at radius 3 is 2.59 bits per heavy atom. The number of esters is 1. The van der Waals surface area contributed by atoms with Gasteiger partial charge in [0.15, 0.2) is 18.1 Å². The lowest BCUT2D eigenvalue weighted by atomic mass is 10.1. The molecule has 1 aliphatic heterocycles. The van der Waals surface area contributed by atoms with Gasteiger partial charge in [-0.25, -0.2) is 4.79 Å². The van der Waals surface area contributed by atoms with Crippen LogP contribution in [0.3, 0.4) is 0 Å². The number of benzene rings is 1. The molecule has 7 nitrogen and oxygen atoms in total. The fourth-order valence-corrected chi connectivity index (χ4v) is 3.32. The fraction of sp³-hybridized carbons (Fsp3) is 0.421. The van der Waals surface area contributed by atoms with Gasteiger partial charge in [0.2, 0.25) is 0 Å². The third-order valence-corrected chi connectivity index (χ3v) is 4.88. The molecule has 146 valence electrons. The monoisotopic (exact) mass is 393 g/mol. The molecule has 1 aromatic rings. The van der Waals surface area contributed by atoms with Crippen molar-refractivity contribution in [3.05, 3.63) is 28.7 Å². The second-order valence-electron chi connectivity index (χ2n) is 5.81. The summed E-state index contributed by atoms with van der Waals surface area (Å²) >= 11 is 0.926. The maximum absolute atomic E-state index is 12.5. The van der Waals surface area contributed by atoms with Crippen LogP contribution in [-0.2, 0) is 14.3 Å². The minimum atomic E-state index is -0.500. The lowest BCUT2D eigenvalue weighted by Crippen LogP contribution is -2.36. The van der Waals surface area contributed by atoms with Crippen LogP contribution in [0.25, 0.3) is 6.08 Å². The van der Waals surface area contributed by atoms with E-state index in [0.29, 0.717) is 35.0 Å². The van der Waals surface area contributed by atoms with Crippen LogP contribution in [0.4, 0.5) is 4.79 Å². The van der Waals surface area contributed by atoms with Crippen molar-refractivity contribution in [3.63, 3.8) is 0 Å². The van der Waals surface area contributed by atoms with E-state index < -0.39 is 5.97 Å². The predicted octanol–water partition coefficient (Wildman–Crippen LogP) is 3.47. The number of methoxy groups -OCH3 is 1. The number of carbonyl (C=O) groups excluding carboxylic acids is 3. The normalized spacial score (nSPS) is 16.6. The lowest BCUT2D eigenvalue weighted by molar-refractivity contribution is -0.143. The summed E-state index contributed by atoms with van der Waals surface area (Å²) in [5.41, 5.74) is 0.693. The second kappa shape index (κ2) is 9.45. The molecule has 8 heteroatoms. The number of ether oxygens (including phenoxy) is 3. The number of rotatable bonds is 8. The Balaban J connectivity index is 2.24. The first kappa shape index (κ1) is 20.8. The van der Waals surface area contributed by atoms with Gasteiger partial charge in [-0.3, -0.25) is 14.5 Å². The Bertz CT molecular complexity index is 761. The molecule has 0 saturated carbocycles. The third-order valence-electron chi connectivity index (χ3n) is 3.99. The molecule has 1 aliphatic rings. The van der Waals surface area contributed by atoms with Crippen LogP contribution in [0.5, 0.6) is 11.5 Å². The number of nitrogens with zero attached hydrogens (tertiary/aromatic N) is 1. The number of hydrogen-bond donors (Lipinski definition) is 0. The predicted molar refractivity (Wildman–Crippen MR) is 103 cm³/mol. The Morgan fingerprint density at radius 2 is 1.96 bits per heavy atom. The molecule has 1 atom stereocenters. The van der Waals surface area contributed by atoms with Gasteiger partial charge in [0, 0.05) is 6.04 Å². The van der Waals surface area contributed by atoms with E-state index in [2.05, 4.69) is 4.74 Å². The summed E-state index contributed by atoms with van der Waals surface area (Å²) in [5, 5.41) is -0.260. The third kappa shape index (κ3) is 5.03. The Labute approximate surface area is 162 Å². The van der Waals surface area contributed by atoms with Gasteiger partial charge in [0.25, 0.3) is 11.1 Å². The van der Waals surface area contributed by atoms with E-state index >= 15 is 0 Å². The van der Waals surface area contributed by atoms with Crippen LogP contribution in [0.2, 0.25) is 0 Å². The molecule has 0 bridgehead atoms. The smallest absolute Gasteiger partial charge is 0.343 e. The van der Waals surface area contributed by atoms with Crippen LogP contribution < -0.4 is 9.47 Å². The Morgan fingerprint density at radius 1 is 1.22 bits per heavy atom. The topological polar surface area (TPSA) is 82.1 Å². The zero-order valence-electron chi connectivity index (χ0n) is 15.8. The summed E-state index contributed by atoms with van der Waals surface area (Å²) in [6.45, 7) is 5.78.